The van der Waals surface area contributed by atoms with Gasteiger partial charge in [-0.1, -0.05) is 56.1 Å². The molecule has 0 heterocycles. The van der Waals surface area contributed by atoms with Gasteiger partial charge >= 0.3 is 17.9 Å². The summed E-state index contributed by atoms with van der Waals surface area (Å²) in [6.45, 7) is 18.1. The molecule has 41 heavy (non-hydrogen) atoms. The molecule has 1 unspecified atom stereocenters. The molecule has 0 saturated heterocycles. The molecule has 0 N–H and O–H groups in total. The van der Waals surface area contributed by atoms with E-state index in [1.807, 2.05) is 25.1 Å². The summed E-state index contributed by atoms with van der Waals surface area (Å²) >= 11 is 0. The number of fused-ring (bicyclic) bond motifs is 1. The Morgan fingerprint density at radius 2 is 1.29 bits per heavy atom. The fraction of sp³-hybridized carbons (Fsp3) is 0.229. The zero-order chi connectivity index (χ0) is 29.8. The zero-order valence-corrected chi connectivity index (χ0v) is 24.0. The van der Waals surface area contributed by atoms with E-state index in [0.29, 0.717) is 17.7 Å². The smallest absolute Gasteiger partial charge is 0.338 e. The summed E-state index contributed by atoms with van der Waals surface area (Å²) in [6, 6.07) is 17.5. The average Bonchev–Trinajstić information content (AvgIpc) is 3.33. The minimum atomic E-state index is -0.575. The highest BCUT2D eigenvalue weighted by Crippen LogP contribution is 2.38. The normalized spacial score (nSPS) is 13.6. The first-order chi connectivity index (χ1) is 19.4. The molecular weight excluding hydrogens is 516 g/mol. The van der Waals surface area contributed by atoms with Crippen molar-refractivity contribution in [3.05, 3.63) is 108 Å². The van der Waals surface area contributed by atoms with E-state index in [9.17, 15) is 14.4 Å². The lowest BCUT2D eigenvalue weighted by Gasteiger charge is -2.15. The van der Waals surface area contributed by atoms with Gasteiger partial charge in [0.2, 0.25) is 0 Å². The molecule has 0 radical (unpaired) electrons. The molecule has 210 valence electrons. The van der Waals surface area contributed by atoms with Gasteiger partial charge in [-0.15, -0.1) is 0 Å². The highest BCUT2D eigenvalue weighted by molar-refractivity contribution is 5.91. The lowest BCUT2D eigenvalue weighted by Crippen LogP contribution is -2.14. The number of benzene rings is 3. The number of hydrogen-bond acceptors (Lipinski definition) is 6. The van der Waals surface area contributed by atoms with Crippen LogP contribution in [-0.2, 0) is 32.0 Å². The molecule has 1 aliphatic rings. The molecule has 3 aromatic rings. The topological polar surface area (TPSA) is 78.9 Å². The number of esters is 3. The van der Waals surface area contributed by atoms with Crippen LogP contribution < -0.4 is 9.47 Å². The summed E-state index contributed by atoms with van der Waals surface area (Å²) in [5.41, 5.74) is 8.19. The van der Waals surface area contributed by atoms with E-state index in [4.69, 9.17) is 14.2 Å². The van der Waals surface area contributed by atoms with Gasteiger partial charge in [-0.2, -0.15) is 0 Å². The van der Waals surface area contributed by atoms with Gasteiger partial charge in [-0.3, -0.25) is 0 Å². The Hall–Kier alpha value is -4.71. The maximum Gasteiger partial charge on any atom is 0.338 e. The maximum absolute atomic E-state index is 12.4. The minimum absolute atomic E-state index is 0.241. The largest absolute Gasteiger partial charge is 0.462 e. The number of ether oxygens (including phenoxy) is 3. The summed E-state index contributed by atoms with van der Waals surface area (Å²) in [7, 11) is 0. The van der Waals surface area contributed by atoms with E-state index in [2.05, 4.69) is 37.9 Å². The molecule has 6 heteroatoms. The quantitative estimate of drug-likeness (QED) is 0.160. The molecule has 6 nitrogen and oxygen atoms in total. The van der Waals surface area contributed by atoms with Crippen LogP contribution in [0.3, 0.4) is 0 Å². The van der Waals surface area contributed by atoms with Gasteiger partial charge in [0, 0.05) is 34.3 Å². The second-order valence-corrected chi connectivity index (χ2v) is 10.7. The monoisotopic (exact) mass is 550 g/mol. The molecule has 0 aromatic heterocycles. The SMILES string of the molecule is C=C(C)C(=O)OCC1Cc2ccc(-c3ccc(-c4ccc(OC(=O)C(=C)C)cc4OC(=O)C(=C)C)cc3C)cc2C1. The fourth-order valence-electron chi connectivity index (χ4n) is 4.74. The number of aryl methyl sites for hydroxylation is 1. The van der Waals surface area contributed by atoms with E-state index in [1.165, 1.54) is 17.2 Å². The van der Waals surface area contributed by atoms with Gasteiger partial charge < -0.3 is 14.2 Å². The first-order valence-electron chi connectivity index (χ1n) is 13.4. The third-order valence-electron chi connectivity index (χ3n) is 6.93. The van der Waals surface area contributed by atoms with Crippen LogP contribution in [0.15, 0.2) is 91.1 Å². The van der Waals surface area contributed by atoms with E-state index in [1.54, 1.807) is 32.9 Å². The minimum Gasteiger partial charge on any atom is -0.462 e. The Bertz CT molecular complexity index is 1590. The first-order valence-corrected chi connectivity index (χ1v) is 13.4. The van der Waals surface area contributed by atoms with Crippen LogP contribution in [0.2, 0.25) is 0 Å². The number of carbonyl (C=O) groups is 3. The first kappa shape index (κ1) is 29.3. The summed E-state index contributed by atoms with van der Waals surface area (Å²) in [5, 5.41) is 0. The third kappa shape index (κ3) is 6.90. The lowest BCUT2D eigenvalue weighted by molar-refractivity contribution is -0.140. The van der Waals surface area contributed by atoms with Gasteiger partial charge in [0.15, 0.2) is 0 Å². The second-order valence-electron chi connectivity index (χ2n) is 10.7. The van der Waals surface area contributed by atoms with E-state index in [-0.39, 0.29) is 34.5 Å². The van der Waals surface area contributed by atoms with E-state index >= 15 is 0 Å². The molecule has 3 aromatic carbocycles. The Balaban J connectivity index is 1.59. The van der Waals surface area contributed by atoms with E-state index < -0.39 is 11.9 Å². The summed E-state index contributed by atoms with van der Waals surface area (Å²) < 4.78 is 16.4. The molecule has 0 saturated carbocycles. The van der Waals surface area contributed by atoms with Crippen LogP contribution in [0.4, 0.5) is 0 Å². The Morgan fingerprint density at radius 1 is 0.707 bits per heavy atom. The van der Waals surface area contributed by atoms with Crippen LogP contribution >= 0.6 is 0 Å². The zero-order valence-electron chi connectivity index (χ0n) is 24.0. The predicted molar refractivity (Wildman–Crippen MR) is 160 cm³/mol. The maximum atomic E-state index is 12.4. The van der Waals surface area contributed by atoms with Gasteiger partial charge in [-0.05, 0) is 86.1 Å². The molecule has 0 aliphatic heterocycles. The van der Waals surface area contributed by atoms with Crippen molar-refractivity contribution in [2.75, 3.05) is 6.61 Å². The van der Waals surface area contributed by atoms with Crippen LogP contribution in [0.5, 0.6) is 11.5 Å². The van der Waals surface area contributed by atoms with Crippen molar-refractivity contribution in [2.45, 2.75) is 40.5 Å². The van der Waals surface area contributed by atoms with Gasteiger partial charge in [-0.25, -0.2) is 14.4 Å². The lowest BCUT2D eigenvalue weighted by atomic mass is 9.93. The second kappa shape index (κ2) is 12.2. The van der Waals surface area contributed by atoms with Crippen molar-refractivity contribution in [3.63, 3.8) is 0 Å². The molecule has 1 atom stereocenters. The van der Waals surface area contributed by atoms with Crippen LogP contribution in [0.25, 0.3) is 22.3 Å². The summed E-state index contributed by atoms with van der Waals surface area (Å²) in [4.78, 5) is 36.2. The van der Waals surface area contributed by atoms with E-state index in [0.717, 1.165) is 35.1 Å². The highest BCUT2D eigenvalue weighted by atomic mass is 16.5. The van der Waals surface area contributed by atoms with Gasteiger partial charge in [0.1, 0.15) is 11.5 Å². The molecule has 0 spiro atoms. The summed E-state index contributed by atoms with van der Waals surface area (Å²) in [6.07, 6.45) is 1.73. The molecule has 4 rings (SSSR count). The Morgan fingerprint density at radius 3 is 1.95 bits per heavy atom. The van der Waals surface area contributed by atoms with Crippen molar-refractivity contribution in [2.24, 2.45) is 5.92 Å². The van der Waals surface area contributed by atoms with Crippen molar-refractivity contribution in [1.29, 1.82) is 0 Å². The number of carbonyl (C=O) groups excluding carboxylic acids is 3. The van der Waals surface area contributed by atoms with Gasteiger partial charge in [0.25, 0.3) is 0 Å². The molecular formula is C35H34O6. The molecule has 0 fully saturated rings. The Kier molecular flexibility index (Phi) is 8.72. The van der Waals surface area contributed by atoms with Gasteiger partial charge in [0.05, 0.1) is 6.61 Å². The van der Waals surface area contributed by atoms with Crippen LogP contribution in [0.1, 0.15) is 37.5 Å². The van der Waals surface area contributed by atoms with Crippen LogP contribution in [-0.4, -0.2) is 24.5 Å². The average molecular weight is 551 g/mol. The summed E-state index contributed by atoms with van der Waals surface area (Å²) in [5.74, 6) is -0.738. The number of hydrogen-bond donors (Lipinski definition) is 0. The van der Waals surface area contributed by atoms with Crippen molar-refractivity contribution < 1.29 is 28.6 Å². The fourth-order valence-corrected chi connectivity index (χ4v) is 4.74. The van der Waals surface area contributed by atoms with Crippen molar-refractivity contribution in [1.82, 2.24) is 0 Å². The Labute approximate surface area is 241 Å². The molecule has 0 amide bonds. The van der Waals surface area contributed by atoms with Crippen LogP contribution in [0, 0.1) is 12.8 Å². The third-order valence-corrected chi connectivity index (χ3v) is 6.93. The van der Waals surface area contributed by atoms with Crippen molar-refractivity contribution in [3.8, 4) is 33.8 Å². The molecule has 1 aliphatic carbocycles. The molecule has 0 bridgehead atoms. The predicted octanol–water partition coefficient (Wildman–Crippen LogP) is 7.13. The standard InChI is InChI=1S/C35H34O6/c1-20(2)33(36)39-19-24-15-25-8-9-27(17-28(25)16-24)30-12-10-26(14-23(30)7)31-13-11-29(40-34(37)21(3)4)18-32(31)41-35(38)22(5)6/h8-14,17-18,24H,1,3,5,15-16,19H2,2,4,6-7H3. The number of rotatable bonds is 9. The van der Waals surface area contributed by atoms with Crippen molar-refractivity contribution >= 4 is 17.9 Å². The highest BCUT2D eigenvalue weighted by Gasteiger charge is 2.24.